The summed E-state index contributed by atoms with van der Waals surface area (Å²) in [6.45, 7) is 0.679. The highest BCUT2D eigenvalue weighted by Crippen LogP contribution is 2.22. The fourth-order valence-electron chi connectivity index (χ4n) is 2.32. The highest BCUT2D eigenvalue weighted by Gasteiger charge is 2.15. The molecule has 6 heteroatoms. The number of nitrogens with one attached hydrogen (secondary N) is 1. The first kappa shape index (κ1) is 15.8. The topological polar surface area (TPSA) is 76.6 Å². The fourth-order valence-corrected chi connectivity index (χ4v) is 2.50. The molecule has 0 fully saturated rings. The minimum Gasteiger partial charge on any atom is -0.396 e. The maximum absolute atomic E-state index is 12.3. The third-order valence-corrected chi connectivity index (χ3v) is 3.62. The third-order valence-electron chi connectivity index (χ3n) is 3.38. The van der Waals surface area contributed by atoms with Crippen molar-refractivity contribution in [1.82, 2.24) is 9.88 Å². The molecule has 0 saturated carbocycles. The van der Waals surface area contributed by atoms with E-state index in [1.807, 2.05) is 18.3 Å². The van der Waals surface area contributed by atoms with Crippen LogP contribution in [-0.4, -0.2) is 52.3 Å². The molecule has 0 radical (unpaired) electrons. The molecule has 0 spiro atoms. The van der Waals surface area contributed by atoms with Gasteiger partial charge < -0.3 is 20.1 Å². The average Bonchev–Trinajstić information content (AvgIpc) is 2.85. The molecule has 5 nitrogen and oxygen atoms in total. The number of carbonyl (C=O) groups excluding carboxylic acids is 1. The Morgan fingerprint density at radius 3 is 2.76 bits per heavy atom. The lowest BCUT2D eigenvalue weighted by atomic mass is 10.1. The van der Waals surface area contributed by atoms with Crippen molar-refractivity contribution in [2.45, 2.75) is 12.8 Å². The van der Waals surface area contributed by atoms with Gasteiger partial charge in [0, 0.05) is 41.8 Å². The number of nitrogens with zero attached hydrogens (tertiary/aromatic N) is 1. The van der Waals surface area contributed by atoms with Crippen molar-refractivity contribution in [3.8, 4) is 0 Å². The second kappa shape index (κ2) is 7.45. The molecule has 114 valence electrons. The van der Waals surface area contributed by atoms with Gasteiger partial charge in [-0.2, -0.15) is 0 Å². The van der Waals surface area contributed by atoms with Crippen LogP contribution in [-0.2, 0) is 11.2 Å². The van der Waals surface area contributed by atoms with Gasteiger partial charge in [0.2, 0.25) is 5.91 Å². The molecule has 2 aromatic rings. The number of aliphatic hydroxyl groups is 2. The Morgan fingerprint density at radius 1 is 1.24 bits per heavy atom. The molecule has 0 aliphatic carbocycles. The second-order valence-electron chi connectivity index (χ2n) is 4.86. The van der Waals surface area contributed by atoms with Gasteiger partial charge in [0.05, 0.1) is 13.0 Å². The number of aromatic amines is 1. The van der Waals surface area contributed by atoms with Crippen LogP contribution >= 0.6 is 11.6 Å². The number of rotatable bonds is 7. The number of amides is 1. The quantitative estimate of drug-likeness (QED) is 0.726. The molecule has 0 atom stereocenters. The Labute approximate surface area is 128 Å². The molecule has 21 heavy (non-hydrogen) atoms. The van der Waals surface area contributed by atoms with E-state index in [0.29, 0.717) is 18.0 Å². The molecule has 1 amide bonds. The van der Waals surface area contributed by atoms with Gasteiger partial charge in [0.25, 0.3) is 0 Å². The number of halogens is 1. The number of carbonyl (C=O) groups is 1. The van der Waals surface area contributed by atoms with Crippen LogP contribution in [0.25, 0.3) is 10.9 Å². The predicted molar refractivity (Wildman–Crippen MR) is 82.4 cm³/mol. The average molecular weight is 311 g/mol. The maximum Gasteiger partial charge on any atom is 0.227 e. The summed E-state index contributed by atoms with van der Waals surface area (Å²) in [6.07, 6.45) is 2.57. The van der Waals surface area contributed by atoms with Crippen LogP contribution in [0.4, 0.5) is 0 Å². The highest BCUT2D eigenvalue weighted by molar-refractivity contribution is 6.31. The Morgan fingerprint density at radius 2 is 2.05 bits per heavy atom. The Kier molecular flexibility index (Phi) is 5.61. The predicted octanol–water partition coefficient (Wildman–Crippen LogP) is 1.57. The van der Waals surface area contributed by atoms with Crippen LogP contribution in [0.15, 0.2) is 24.4 Å². The summed E-state index contributed by atoms with van der Waals surface area (Å²) in [5, 5.41) is 19.5. The smallest absolute Gasteiger partial charge is 0.227 e. The normalized spacial score (nSPS) is 11.0. The lowest BCUT2D eigenvalue weighted by molar-refractivity contribution is -0.131. The maximum atomic E-state index is 12.3. The van der Waals surface area contributed by atoms with Crippen molar-refractivity contribution in [3.05, 3.63) is 35.0 Å². The molecule has 1 heterocycles. The van der Waals surface area contributed by atoms with Crippen LogP contribution in [0.1, 0.15) is 12.0 Å². The third kappa shape index (κ3) is 3.97. The first-order chi connectivity index (χ1) is 10.2. The summed E-state index contributed by atoms with van der Waals surface area (Å²) >= 11 is 5.94. The summed E-state index contributed by atoms with van der Waals surface area (Å²) in [5.41, 5.74) is 1.80. The van der Waals surface area contributed by atoms with Crippen LogP contribution in [0.2, 0.25) is 5.02 Å². The standard InChI is InChI=1S/C15H19ClN2O3/c16-12-2-3-13-11(10-17-14(13)9-12)8-15(21)18(5-7-20)4-1-6-19/h2-3,9-10,17,19-20H,1,4-8H2. The van der Waals surface area contributed by atoms with Gasteiger partial charge in [-0.1, -0.05) is 17.7 Å². The first-order valence-corrected chi connectivity index (χ1v) is 7.28. The van der Waals surface area contributed by atoms with Crippen LogP contribution < -0.4 is 0 Å². The molecule has 0 saturated heterocycles. The van der Waals surface area contributed by atoms with E-state index >= 15 is 0 Å². The lowest BCUT2D eigenvalue weighted by Gasteiger charge is -2.21. The number of aromatic nitrogens is 1. The molecule has 0 aliphatic heterocycles. The summed E-state index contributed by atoms with van der Waals surface area (Å²) in [7, 11) is 0. The summed E-state index contributed by atoms with van der Waals surface area (Å²) in [6, 6.07) is 5.51. The van der Waals surface area contributed by atoms with Crippen LogP contribution in [0.3, 0.4) is 0 Å². The zero-order chi connectivity index (χ0) is 15.2. The molecule has 0 unspecified atom stereocenters. The fraction of sp³-hybridized carbons (Fsp3) is 0.400. The van der Waals surface area contributed by atoms with E-state index in [1.54, 1.807) is 11.0 Å². The van der Waals surface area contributed by atoms with E-state index in [1.165, 1.54) is 0 Å². The van der Waals surface area contributed by atoms with E-state index in [0.717, 1.165) is 16.5 Å². The molecular formula is C15H19ClN2O3. The molecular weight excluding hydrogens is 292 g/mol. The molecule has 0 bridgehead atoms. The van der Waals surface area contributed by atoms with Crippen molar-refractivity contribution < 1.29 is 15.0 Å². The van der Waals surface area contributed by atoms with Gasteiger partial charge in [0.1, 0.15) is 0 Å². The lowest BCUT2D eigenvalue weighted by Crippen LogP contribution is -2.35. The summed E-state index contributed by atoms with van der Waals surface area (Å²) in [5.74, 6) is -0.0617. The van der Waals surface area contributed by atoms with Crippen molar-refractivity contribution in [2.24, 2.45) is 0 Å². The van der Waals surface area contributed by atoms with Gasteiger partial charge in [-0.05, 0) is 24.1 Å². The van der Waals surface area contributed by atoms with Crippen molar-refractivity contribution in [2.75, 3.05) is 26.3 Å². The number of benzene rings is 1. The molecule has 3 N–H and O–H groups in total. The summed E-state index contributed by atoms with van der Waals surface area (Å²) in [4.78, 5) is 17.0. The van der Waals surface area contributed by atoms with Gasteiger partial charge in [-0.3, -0.25) is 4.79 Å². The van der Waals surface area contributed by atoms with Crippen LogP contribution in [0, 0.1) is 0 Å². The van der Waals surface area contributed by atoms with E-state index in [2.05, 4.69) is 4.98 Å². The Hall–Kier alpha value is -1.56. The number of H-pyrrole nitrogens is 1. The van der Waals surface area contributed by atoms with Gasteiger partial charge in [-0.25, -0.2) is 0 Å². The van der Waals surface area contributed by atoms with E-state index in [4.69, 9.17) is 21.8 Å². The van der Waals surface area contributed by atoms with Crippen molar-refractivity contribution in [3.63, 3.8) is 0 Å². The first-order valence-electron chi connectivity index (χ1n) is 6.90. The van der Waals surface area contributed by atoms with Gasteiger partial charge in [-0.15, -0.1) is 0 Å². The minimum atomic E-state index is -0.0827. The minimum absolute atomic E-state index is 0.0286. The number of aliphatic hydroxyl groups excluding tert-OH is 2. The van der Waals surface area contributed by atoms with Gasteiger partial charge >= 0.3 is 0 Å². The SMILES string of the molecule is O=C(Cc1c[nH]c2cc(Cl)ccc12)N(CCO)CCCO. The zero-order valence-corrected chi connectivity index (χ0v) is 12.4. The summed E-state index contributed by atoms with van der Waals surface area (Å²) < 4.78 is 0. The van der Waals surface area contributed by atoms with Crippen molar-refractivity contribution in [1.29, 1.82) is 0 Å². The van der Waals surface area contributed by atoms with Gasteiger partial charge in [0.15, 0.2) is 0 Å². The largest absolute Gasteiger partial charge is 0.396 e. The van der Waals surface area contributed by atoms with Crippen molar-refractivity contribution >= 4 is 28.4 Å². The number of hydrogen-bond donors (Lipinski definition) is 3. The van der Waals surface area contributed by atoms with E-state index in [9.17, 15) is 4.79 Å². The van der Waals surface area contributed by atoms with E-state index in [-0.39, 0.29) is 32.1 Å². The Bertz CT molecular complexity index is 612. The highest BCUT2D eigenvalue weighted by atomic mass is 35.5. The number of hydrogen-bond acceptors (Lipinski definition) is 3. The molecule has 1 aromatic carbocycles. The molecule has 1 aromatic heterocycles. The molecule has 2 rings (SSSR count). The monoisotopic (exact) mass is 310 g/mol. The Balaban J connectivity index is 2.12. The van der Waals surface area contributed by atoms with Crippen LogP contribution in [0.5, 0.6) is 0 Å². The molecule has 0 aliphatic rings. The zero-order valence-electron chi connectivity index (χ0n) is 11.7. The van der Waals surface area contributed by atoms with E-state index < -0.39 is 0 Å². The second-order valence-corrected chi connectivity index (χ2v) is 5.30. The number of fused-ring (bicyclic) bond motifs is 1.